The fourth-order valence-corrected chi connectivity index (χ4v) is 17.1. The number of unbranched alkanes of at least 4 members (excludes halogenated alkanes) is 28. The van der Waals surface area contributed by atoms with Gasteiger partial charge in [-0.25, -0.2) is 0 Å². The van der Waals surface area contributed by atoms with Gasteiger partial charge in [-0.3, -0.25) is 0 Å². The smallest absolute Gasteiger partial charge is 0.0654 e. The van der Waals surface area contributed by atoms with E-state index >= 15 is 0 Å². The van der Waals surface area contributed by atoms with E-state index in [1.54, 1.807) is 35.3 Å². The zero-order valence-corrected chi connectivity index (χ0v) is 42.6. The molecule has 0 heterocycles. The fraction of sp³-hybridized carbons (Fsp3) is 0.935. The molecule has 0 saturated heterocycles. The van der Waals surface area contributed by atoms with Crippen molar-refractivity contribution in [3.05, 3.63) is 0 Å². The van der Waals surface area contributed by atoms with E-state index in [1.165, 1.54) is 173 Å². The van der Waals surface area contributed by atoms with Crippen LogP contribution in [0, 0.1) is 0 Å². The van der Waals surface area contributed by atoms with Crippen LogP contribution in [0.2, 0.25) is 4.44 Å². The summed E-state index contributed by atoms with van der Waals surface area (Å²) in [7, 11) is 0. The Morgan fingerprint density at radius 1 is 0.321 bits per heavy atom. The molecule has 0 rings (SSSR count). The quantitative estimate of drug-likeness (QED) is 0.0438. The molecule has 0 aliphatic carbocycles. The van der Waals surface area contributed by atoms with Crippen LogP contribution in [0.4, 0.5) is 0 Å². The Morgan fingerprint density at radius 3 is 0.768 bits per heavy atom. The zero-order chi connectivity index (χ0) is 41.1. The molecule has 0 amide bonds. The second-order valence-electron chi connectivity index (χ2n) is 15.9. The van der Waals surface area contributed by atoms with Crippen LogP contribution in [-0.2, 0) is 23.6 Å². The molecule has 0 radical (unpaired) electrons. The van der Waals surface area contributed by atoms with E-state index in [-0.39, 0.29) is 17.3 Å². The first-order chi connectivity index (χ1) is 27.4. The van der Waals surface area contributed by atoms with Gasteiger partial charge < -0.3 is 0 Å². The monoisotopic (exact) mass is 954 g/mol. The molecule has 0 aliphatic heterocycles. The number of carbonyl (C=O) groups is 3. The first kappa shape index (κ1) is 56.3. The van der Waals surface area contributed by atoms with Gasteiger partial charge in [-0.15, -0.1) is 0 Å². The minimum Gasteiger partial charge on any atom is -0.0654 e. The number of rotatable bonds is 45. The van der Waals surface area contributed by atoms with Gasteiger partial charge in [0.15, 0.2) is 0 Å². The van der Waals surface area contributed by atoms with Gasteiger partial charge in [0.1, 0.15) is 0 Å². The molecule has 0 saturated carbocycles. The van der Waals surface area contributed by atoms with Gasteiger partial charge in [0.2, 0.25) is 0 Å². The summed E-state index contributed by atoms with van der Waals surface area (Å²) in [4.78, 5) is 39.7. The summed E-state index contributed by atoms with van der Waals surface area (Å²) in [6, 6.07) is 0. The first-order valence-corrected chi connectivity index (χ1v) is 32.8. The van der Waals surface area contributed by atoms with Crippen molar-refractivity contribution in [1.29, 1.82) is 0 Å². The van der Waals surface area contributed by atoms with Gasteiger partial charge in [-0.2, -0.15) is 0 Å². The van der Waals surface area contributed by atoms with Crippen LogP contribution in [0.5, 0.6) is 0 Å². The van der Waals surface area contributed by atoms with Crippen LogP contribution in [0.15, 0.2) is 0 Å². The van der Waals surface area contributed by atoms with Crippen molar-refractivity contribution in [3.8, 4) is 0 Å². The summed E-state index contributed by atoms with van der Waals surface area (Å²) >= 11 is -0.159. The SMILES string of the molecule is CCCCCCCCCCCCSCC(=O)[O][Sn]([CH2]CCC)([O]C(=O)CSCCCCCCCCCCCC)[O]C(=O)CSCCCCCCCCCCCC. The van der Waals surface area contributed by atoms with Crippen LogP contribution >= 0.6 is 35.3 Å². The Bertz CT molecular complexity index is 777. The Kier molecular flexibility index (Phi) is 45.0. The molecule has 0 aliphatic rings. The minimum atomic E-state index is -4.87. The molecule has 0 aromatic carbocycles. The van der Waals surface area contributed by atoms with Crippen molar-refractivity contribution in [1.82, 2.24) is 0 Å². The van der Waals surface area contributed by atoms with Gasteiger partial charge in [-0.1, -0.05) is 78.6 Å². The average Bonchev–Trinajstić information content (AvgIpc) is 3.18. The first-order valence-electron chi connectivity index (χ1n) is 23.8. The predicted octanol–water partition coefficient (Wildman–Crippen LogP) is 15.3. The van der Waals surface area contributed by atoms with Crippen molar-refractivity contribution in [3.63, 3.8) is 0 Å². The third kappa shape index (κ3) is 39.7. The van der Waals surface area contributed by atoms with Crippen LogP contribution in [-0.4, -0.2) is 72.0 Å². The van der Waals surface area contributed by atoms with Crippen molar-refractivity contribution >= 4 is 72.8 Å². The molecule has 0 atom stereocenters. The molecule has 6 nitrogen and oxygen atoms in total. The van der Waals surface area contributed by atoms with Crippen molar-refractivity contribution < 1.29 is 23.6 Å². The Balaban J connectivity index is 4.86. The summed E-state index contributed by atoms with van der Waals surface area (Å²) in [5, 5.41) is 0. The van der Waals surface area contributed by atoms with Crippen molar-refractivity contribution in [2.75, 3.05) is 34.5 Å². The molecule has 332 valence electrons. The van der Waals surface area contributed by atoms with E-state index in [0.29, 0.717) is 10.9 Å². The Morgan fingerprint density at radius 2 is 0.536 bits per heavy atom. The van der Waals surface area contributed by atoms with E-state index in [4.69, 9.17) is 9.22 Å². The minimum absolute atomic E-state index is 0.193. The summed E-state index contributed by atoms with van der Waals surface area (Å²) < 4.78 is 18.5. The molecule has 10 heteroatoms. The van der Waals surface area contributed by atoms with E-state index in [9.17, 15) is 14.4 Å². The standard InChI is InChI=1S/3C14H28O2S.C4H9.Sn/c3*1-2-3-4-5-6-7-8-9-10-11-12-17-13-14(15)16;1-3-4-2;/h3*2-13H2,1H3,(H,15,16);1,3-4H2,2H3;/q;;;;+3/p-3. The number of thioether (sulfide) groups is 3. The van der Waals surface area contributed by atoms with Crippen LogP contribution < -0.4 is 0 Å². The van der Waals surface area contributed by atoms with E-state index in [1.807, 2.05) is 0 Å². The molecule has 0 bridgehead atoms. The summed E-state index contributed by atoms with van der Waals surface area (Å²) in [5.41, 5.74) is 0. The number of hydrogen-bond donors (Lipinski definition) is 0. The molecule has 56 heavy (non-hydrogen) atoms. The molecule has 0 fully saturated rings. The van der Waals surface area contributed by atoms with Gasteiger partial charge >= 0.3 is 290 Å². The molecule has 0 unspecified atom stereocenters. The third-order valence-corrected chi connectivity index (χ3v) is 20.7. The maximum atomic E-state index is 13.2. The third-order valence-electron chi connectivity index (χ3n) is 10.2. The second-order valence-corrected chi connectivity index (χ2v) is 26.3. The van der Waals surface area contributed by atoms with Crippen molar-refractivity contribution in [2.45, 2.75) is 238 Å². The Hall–Kier alpha value is 0.259. The van der Waals surface area contributed by atoms with E-state index in [0.717, 1.165) is 42.9 Å². The molecule has 0 spiro atoms. The topological polar surface area (TPSA) is 78.9 Å². The van der Waals surface area contributed by atoms with Gasteiger partial charge in [0, 0.05) is 0 Å². The maximum absolute atomic E-state index is 13.2. The second kappa shape index (κ2) is 44.8. The molecule has 0 N–H and O–H groups in total. The number of carbonyl (C=O) groups excluding carboxylic acids is 3. The summed E-state index contributed by atoms with van der Waals surface area (Å²) in [6.07, 6.45) is 40.0. The number of hydrogen-bond acceptors (Lipinski definition) is 9. The van der Waals surface area contributed by atoms with Crippen LogP contribution in [0.3, 0.4) is 0 Å². The average molecular weight is 954 g/mol. The van der Waals surface area contributed by atoms with Crippen LogP contribution in [0.25, 0.3) is 0 Å². The zero-order valence-electron chi connectivity index (χ0n) is 37.3. The van der Waals surface area contributed by atoms with Crippen molar-refractivity contribution in [2.24, 2.45) is 0 Å². The summed E-state index contributed by atoms with van der Waals surface area (Å²) in [6.45, 7) is 8.83. The van der Waals surface area contributed by atoms with Gasteiger partial charge in [0.25, 0.3) is 0 Å². The normalized spacial score (nSPS) is 11.6. The molecular weight excluding hydrogens is 863 g/mol. The van der Waals surface area contributed by atoms with Gasteiger partial charge in [0.05, 0.1) is 0 Å². The Labute approximate surface area is 366 Å². The molecule has 0 aromatic heterocycles. The fourth-order valence-electron chi connectivity index (χ4n) is 6.76. The van der Waals surface area contributed by atoms with Crippen LogP contribution in [0.1, 0.15) is 233 Å². The van der Waals surface area contributed by atoms with Gasteiger partial charge in [-0.05, 0) is 0 Å². The van der Waals surface area contributed by atoms with E-state index in [2.05, 4.69) is 27.7 Å². The van der Waals surface area contributed by atoms with E-state index < -0.39 is 37.5 Å². The molecular formula is C46H90O6S3Sn. The summed E-state index contributed by atoms with van der Waals surface area (Å²) in [5.74, 6) is 2.03. The predicted molar refractivity (Wildman–Crippen MR) is 251 cm³/mol. The molecule has 0 aromatic rings.